The Morgan fingerprint density at radius 3 is 2.68 bits per heavy atom. The molecule has 0 fully saturated rings. The van der Waals surface area contributed by atoms with Gasteiger partial charge in [0.15, 0.2) is 12.3 Å². The number of fused-ring (bicyclic) bond motifs is 2. The quantitative estimate of drug-likeness (QED) is 0.521. The van der Waals surface area contributed by atoms with Gasteiger partial charge in [0.2, 0.25) is 0 Å². The zero-order valence-electron chi connectivity index (χ0n) is 17.4. The number of carboxylic acids is 1. The summed E-state index contributed by atoms with van der Waals surface area (Å²) in [6.45, 7) is 4.70. The Balaban J connectivity index is 1.69. The molecule has 0 saturated carbocycles. The number of hydrogen-bond acceptors (Lipinski definition) is 6. The number of carbonyl (C=O) groups excluding carboxylic acids is 2. The van der Waals surface area contributed by atoms with E-state index in [0.717, 1.165) is 29.8 Å². The third-order valence-corrected chi connectivity index (χ3v) is 5.20. The van der Waals surface area contributed by atoms with E-state index < -0.39 is 12.6 Å². The molecule has 0 radical (unpaired) electrons. The summed E-state index contributed by atoms with van der Waals surface area (Å²) >= 11 is 0. The van der Waals surface area contributed by atoms with Crippen LogP contribution in [-0.4, -0.2) is 33.7 Å². The average Bonchev–Trinajstić information content (AvgIpc) is 3.22. The van der Waals surface area contributed by atoms with E-state index in [4.69, 9.17) is 9.82 Å². The number of amides is 1. The lowest BCUT2D eigenvalue weighted by molar-refractivity contribution is -0.309. The van der Waals surface area contributed by atoms with Crippen molar-refractivity contribution >= 4 is 34.3 Å². The van der Waals surface area contributed by atoms with Crippen LogP contribution in [0.1, 0.15) is 31.7 Å². The molecule has 2 heterocycles. The molecular weight excluding hydrogens is 396 g/mol. The lowest BCUT2D eigenvalue weighted by atomic mass is 10.1. The minimum absolute atomic E-state index is 0.0710. The van der Waals surface area contributed by atoms with Crippen molar-refractivity contribution in [2.24, 2.45) is 11.1 Å². The van der Waals surface area contributed by atoms with Crippen molar-refractivity contribution in [3.8, 4) is 0 Å². The molecule has 0 unspecified atom stereocenters. The first kappa shape index (κ1) is 20.6. The van der Waals surface area contributed by atoms with Crippen molar-refractivity contribution in [2.75, 3.05) is 11.5 Å². The molecule has 3 aromatic rings. The van der Waals surface area contributed by atoms with Gasteiger partial charge in [0.05, 0.1) is 29.2 Å². The molecule has 0 spiro atoms. The van der Waals surface area contributed by atoms with Gasteiger partial charge in [-0.3, -0.25) is 9.69 Å². The zero-order valence-corrected chi connectivity index (χ0v) is 17.4. The molecule has 8 heteroatoms. The van der Waals surface area contributed by atoms with Gasteiger partial charge in [-0.15, -0.1) is 0 Å². The SMILES string of the molecule is CC(C)CCn1c(CN2C(=O)/C(=N\OCC(=O)[O-])c3ccccc32)nc2ccccc21. The van der Waals surface area contributed by atoms with Crippen molar-refractivity contribution < 1.29 is 19.5 Å². The van der Waals surface area contributed by atoms with Crippen LogP contribution in [0.25, 0.3) is 11.0 Å². The van der Waals surface area contributed by atoms with Crippen LogP contribution in [0.15, 0.2) is 53.7 Å². The number of aryl methyl sites for hydroxylation is 1. The largest absolute Gasteiger partial charge is 0.546 e. The van der Waals surface area contributed by atoms with Crippen LogP contribution in [0.3, 0.4) is 0 Å². The molecule has 160 valence electrons. The predicted octanol–water partition coefficient (Wildman–Crippen LogP) is 2.10. The molecule has 0 saturated heterocycles. The summed E-state index contributed by atoms with van der Waals surface area (Å²) < 4.78 is 2.16. The molecule has 0 bridgehead atoms. The molecule has 0 atom stereocenters. The number of rotatable bonds is 8. The molecule has 1 aromatic heterocycles. The molecule has 8 nitrogen and oxygen atoms in total. The average molecular weight is 419 g/mol. The van der Waals surface area contributed by atoms with Crippen LogP contribution in [0.2, 0.25) is 0 Å². The fourth-order valence-corrected chi connectivity index (χ4v) is 3.68. The minimum Gasteiger partial charge on any atom is -0.546 e. The second kappa shape index (κ2) is 8.59. The highest BCUT2D eigenvalue weighted by atomic mass is 16.6. The maximum Gasteiger partial charge on any atom is 0.281 e. The van der Waals surface area contributed by atoms with Gasteiger partial charge in [-0.25, -0.2) is 4.98 Å². The molecule has 31 heavy (non-hydrogen) atoms. The molecule has 1 aliphatic rings. The van der Waals surface area contributed by atoms with Crippen LogP contribution >= 0.6 is 0 Å². The Hall–Kier alpha value is -3.68. The van der Waals surface area contributed by atoms with E-state index >= 15 is 0 Å². The topological polar surface area (TPSA) is 99.8 Å². The van der Waals surface area contributed by atoms with Gasteiger partial charge in [-0.1, -0.05) is 49.3 Å². The van der Waals surface area contributed by atoms with E-state index in [9.17, 15) is 14.7 Å². The second-order valence-corrected chi connectivity index (χ2v) is 7.84. The van der Waals surface area contributed by atoms with Gasteiger partial charge < -0.3 is 19.3 Å². The summed E-state index contributed by atoms with van der Waals surface area (Å²) in [6, 6.07) is 15.1. The number of benzene rings is 2. The van der Waals surface area contributed by atoms with Crippen molar-refractivity contribution in [1.29, 1.82) is 0 Å². The zero-order chi connectivity index (χ0) is 22.0. The Morgan fingerprint density at radius 1 is 1.16 bits per heavy atom. The maximum absolute atomic E-state index is 13.2. The lowest BCUT2D eigenvalue weighted by Crippen LogP contribution is -2.31. The number of oxime groups is 1. The van der Waals surface area contributed by atoms with Gasteiger partial charge in [0, 0.05) is 12.1 Å². The minimum atomic E-state index is -1.40. The van der Waals surface area contributed by atoms with Crippen LogP contribution < -0.4 is 10.0 Å². The van der Waals surface area contributed by atoms with Crippen molar-refractivity contribution in [3.63, 3.8) is 0 Å². The van der Waals surface area contributed by atoms with Crippen LogP contribution in [0.4, 0.5) is 5.69 Å². The highest BCUT2D eigenvalue weighted by Crippen LogP contribution is 2.31. The summed E-state index contributed by atoms with van der Waals surface area (Å²) in [6.07, 6.45) is 0.988. The Labute approximate surface area is 179 Å². The van der Waals surface area contributed by atoms with Gasteiger partial charge in [-0.2, -0.15) is 0 Å². The van der Waals surface area contributed by atoms with E-state index in [2.05, 4.69) is 23.6 Å². The first-order valence-corrected chi connectivity index (χ1v) is 10.2. The lowest BCUT2D eigenvalue weighted by Gasteiger charge is -2.18. The van der Waals surface area contributed by atoms with Gasteiger partial charge in [0.25, 0.3) is 5.91 Å². The monoisotopic (exact) mass is 419 g/mol. The van der Waals surface area contributed by atoms with Crippen LogP contribution in [0.5, 0.6) is 0 Å². The normalized spacial score (nSPS) is 14.6. The standard InChI is InChI=1S/C23H24N4O4/c1-15(2)11-12-26-19-10-6-4-8-17(19)24-20(26)13-27-18-9-5-3-7-16(18)22(23(27)30)25-31-14-21(28)29/h3-10,15H,11-14H2,1-2H3,(H,28,29)/p-1/b25-22-. The van der Waals surface area contributed by atoms with E-state index in [1.54, 1.807) is 17.0 Å². The predicted molar refractivity (Wildman–Crippen MR) is 114 cm³/mol. The first-order valence-electron chi connectivity index (χ1n) is 10.2. The Kier molecular flexibility index (Phi) is 5.70. The fourth-order valence-electron chi connectivity index (χ4n) is 3.68. The number of nitrogens with zero attached hydrogens (tertiary/aromatic N) is 4. The summed E-state index contributed by atoms with van der Waals surface area (Å²) in [4.78, 5) is 35.0. The van der Waals surface area contributed by atoms with Crippen LogP contribution in [0, 0.1) is 5.92 Å². The molecule has 2 aromatic carbocycles. The summed E-state index contributed by atoms with van der Waals surface area (Å²) in [5.41, 5.74) is 3.26. The first-order chi connectivity index (χ1) is 15.0. The van der Waals surface area contributed by atoms with Gasteiger partial charge in [0.1, 0.15) is 5.82 Å². The molecule has 1 aliphatic heterocycles. The number of carbonyl (C=O) groups is 2. The van der Waals surface area contributed by atoms with Crippen molar-refractivity contribution in [2.45, 2.75) is 33.4 Å². The number of carboxylic acid groups (broad SMARTS) is 1. The molecule has 4 rings (SSSR count). The molecular formula is C23H23N4O4-. The third-order valence-electron chi connectivity index (χ3n) is 5.20. The van der Waals surface area contributed by atoms with E-state index in [0.29, 0.717) is 17.2 Å². The molecule has 1 amide bonds. The highest BCUT2D eigenvalue weighted by Gasteiger charge is 2.35. The smallest absolute Gasteiger partial charge is 0.281 e. The van der Waals surface area contributed by atoms with E-state index in [1.165, 1.54) is 0 Å². The third kappa shape index (κ3) is 4.14. The number of aromatic nitrogens is 2. The fraction of sp³-hybridized carbons (Fsp3) is 0.304. The molecule has 0 N–H and O–H groups in total. The number of para-hydroxylation sites is 3. The Morgan fingerprint density at radius 2 is 1.90 bits per heavy atom. The summed E-state index contributed by atoms with van der Waals surface area (Å²) in [5.74, 6) is -0.453. The number of hydrogen-bond donors (Lipinski definition) is 0. The van der Waals surface area contributed by atoms with Crippen molar-refractivity contribution in [3.05, 3.63) is 59.9 Å². The summed E-state index contributed by atoms with van der Waals surface area (Å²) in [7, 11) is 0. The summed E-state index contributed by atoms with van der Waals surface area (Å²) in [5, 5.41) is 14.4. The van der Waals surface area contributed by atoms with E-state index in [-0.39, 0.29) is 18.2 Å². The number of anilines is 1. The van der Waals surface area contributed by atoms with Crippen LogP contribution in [-0.2, 0) is 27.5 Å². The highest BCUT2D eigenvalue weighted by molar-refractivity contribution is 6.54. The second-order valence-electron chi connectivity index (χ2n) is 7.84. The van der Waals surface area contributed by atoms with Crippen molar-refractivity contribution in [1.82, 2.24) is 9.55 Å². The number of aliphatic carboxylic acids is 1. The van der Waals surface area contributed by atoms with E-state index in [1.807, 2.05) is 36.4 Å². The van der Waals surface area contributed by atoms with Gasteiger partial charge in [-0.05, 0) is 30.5 Å². The maximum atomic E-state index is 13.2. The number of imidazole rings is 1. The van der Waals surface area contributed by atoms with Gasteiger partial charge >= 0.3 is 0 Å². The Bertz CT molecular complexity index is 1170. The molecule has 0 aliphatic carbocycles.